The van der Waals surface area contributed by atoms with Crippen LogP contribution in [0.4, 0.5) is 5.82 Å². The fraction of sp³-hybridized carbons (Fsp3) is 0.294. The van der Waals surface area contributed by atoms with Gasteiger partial charge in [0.05, 0.1) is 0 Å². The van der Waals surface area contributed by atoms with Gasteiger partial charge in [0.25, 0.3) is 11.8 Å². The smallest absolute Gasteiger partial charge is 0.277 e. The predicted molar refractivity (Wildman–Crippen MR) is 89.6 cm³/mol. The maximum atomic E-state index is 12.1. The third-order valence-electron chi connectivity index (χ3n) is 3.86. The number of H-pyrrole nitrogens is 1. The molecule has 8 nitrogen and oxygen atoms in total. The minimum absolute atomic E-state index is 0.254. The molecule has 0 radical (unpaired) electrons. The minimum atomic E-state index is -1.66. The van der Waals surface area contributed by atoms with Gasteiger partial charge in [0, 0.05) is 37.5 Å². The summed E-state index contributed by atoms with van der Waals surface area (Å²) in [7, 11) is 1.62. The lowest BCUT2D eigenvalue weighted by Gasteiger charge is -2.13. The molecule has 1 aliphatic heterocycles. The maximum Gasteiger partial charge on any atom is 0.277 e. The summed E-state index contributed by atoms with van der Waals surface area (Å²) in [6.07, 6.45) is 1.75. The first-order valence-electron chi connectivity index (χ1n) is 7.68. The number of hydrogen-bond acceptors (Lipinski definition) is 5. The van der Waals surface area contributed by atoms with Crippen LogP contribution < -0.4 is 5.32 Å². The standard InChI is InChI=1S/C17H17N5O3/c1-11-9-13(21-20-11)15(23)19-14-10-12(4-7-18-14)3-5-17(25)6-8-22(2)16(17)24/h4,7,9-10,25H,6,8H2,1-2H3,(H,20,21)(H,18,19,23)/t17-/m0/s1. The number of aromatic nitrogens is 3. The van der Waals surface area contributed by atoms with Crippen LogP contribution in [-0.2, 0) is 4.79 Å². The summed E-state index contributed by atoms with van der Waals surface area (Å²) < 4.78 is 0. The van der Waals surface area contributed by atoms with Crippen molar-refractivity contribution < 1.29 is 14.7 Å². The van der Waals surface area contributed by atoms with E-state index in [0.29, 0.717) is 17.9 Å². The van der Waals surface area contributed by atoms with Crippen LogP contribution in [0.1, 0.15) is 28.2 Å². The van der Waals surface area contributed by atoms with Crippen molar-refractivity contribution in [2.75, 3.05) is 18.9 Å². The second kappa shape index (κ2) is 6.37. The van der Waals surface area contributed by atoms with Gasteiger partial charge < -0.3 is 15.3 Å². The van der Waals surface area contributed by atoms with Crippen molar-refractivity contribution in [2.45, 2.75) is 18.9 Å². The first-order valence-corrected chi connectivity index (χ1v) is 7.68. The molecule has 0 aliphatic carbocycles. The molecule has 1 atom stereocenters. The number of aliphatic hydroxyl groups is 1. The Morgan fingerprint density at radius 2 is 2.28 bits per heavy atom. The van der Waals surface area contributed by atoms with Gasteiger partial charge in [-0.15, -0.1) is 0 Å². The summed E-state index contributed by atoms with van der Waals surface area (Å²) in [5.41, 5.74) is -0.102. The average Bonchev–Trinajstić information content (AvgIpc) is 3.13. The molecule has 1 aliphatic rings. The third-order valence-corrected chi connectivity index (χ3v) is 3.86. The van der Waals surface area contributed by atoms with Crippen molar-refractivity contribution in [2.24, 2.45) is 0 Å². The Bertz CT molecular complexity index is 895. The molecule has 25 heavy (non-hydrogen) atoms. The summed E-state index contributed by atoms with van der Waals surface area (Å²) in [5, 5.41) is 19.5. The summed E-state index contributed by atoms with van der Waals surface area (Å²) in [6.45, 7) is 2.26. The Morgan fingerprint density at radius 1 is 1.48 bits per heavy atom. The SMILES string of the molecule is Cc1cc(C(=O)Nc2cc(C#C[C@]3(O)CCN(C)C3=O)ccn2)n[nH]1. The molecule has 2 amide bonds. The van der Waals surface area contributed by atoms with Crippen LogP contribution in [0.15, 0.2) is 24.4 Å². The number of nitrogens with zero attached hydrogens (tertiary/aromatic N) is 3. The van der Waals surface area contributed by atoms with E-state index in [-0.39, 0.29) is 12.1 Å². The van der Waals surface area contributed by atoms with Crippen LogP contribution in [0.5, 0.6) is 0 Å². The highest BCUT2D eigenvalue weighted by molar-refractivity contribution is 6.02. The van der Waals surface area contributed by atoms with E-state index >= 15 is 0 Å². The number of aryl methyl sites for hydroxylation is 1. The normalized spacial score (nSPS) is 19.5. The second-order valence-corrected chi connectivity index (χ2v) is 5.91. The maximum absolute atomic E-state index is 12.1. The number of aromatic amines is 1. The Labute approximate surface area is 144 Å². The topological polar surface area (TPSA) is 111 Å². The van der Waals surface area contributed by atoms with Gasteiger partial charge in [-0.25, -0.2) is 4.98 Å². The lowest BCUT2D eigenvalue weighted by molar-refractivity contribution is -0.137. The molecular formula is C17H17N5O3. The molecule has 3 heterocycles. The number of amides is 2. The number of pyridine rings is 1. The fourth-order valence-corrected chi connectivity index (χ4v) is 2.44. The van der Waals surface area contributed by atoms with Crippen LogP contribution in [0.2, 0.25) is 0 Å². The number of hydrogen-bond donors (Lipinski definition) is 3. The number of rotatable bonds is 2. The van der Waals surface area contributed by atoms with Crippen LogP contribution in [0, 0.1) is 18.8 Å². The van der Waals surface area contributed by atoms with E-state index in [0.717, 1.165) is 5.69 Å². The number of carbonyl (C=O) groups excluding carboxylic acids is 2. The molecule has 0 aromatic carbocycles. The molecule has 0 unspecified atom stereocenters. The molecule has 0 saturated carbocycles. The molecule has 1 fully saturated rings. The van der Waals surface area contributed by atoms with Crippen molar-refractivity contribution in [1.29, 1.82) is 0 Å². The van der Waals surface area contributed by atoms with Crippen molar-refractivity contribution in [3.05, 3.63) is 41.3 Å². The molecule has 1 saturated heterocycles. The largest absolute Gasteiger partial charge is 0.369 e. The Morgan fingerprint density at radius 3 is 2.92 bits per heavy atom. The third kappa shape index (κ3) is 3.51. The van der Waals surface area contributed by atoms with Crippen molar-refractivity contribution >= 4 is 17.6 Å². The highest BCUT2D eigenvalue weighted by Gasteiger charge is 2.42. The van der Waals surface area contributed by atoms with Gasteiger partial charge in [0.1, 0.15) is 5.82 Å². The van der Waals surface area contributed by atoms with E-state index in [1.807, 2.05) is 0 Å². The Kier molecular flexibility index (Phi) is 4.25. The van der Waals surface area contributed by atoms with Gasteiger partial charge >= 0.3 is 0 Å². The molecule has 128 valence electrons. The zero-order valence-corrected chi connectivity index (χ0v) is 13.8. The van der Waals surface area contributed by atoms with Gasteiger partial charge in [0.2, 0.25) is 5.60 Å². The second-order valence-electron chi connectivity index (χ2n) is 5.91. The number of nitrogens with one attached hydrogen (secondary N) is 2. The first-order chi connectivity index (χ1) is 11.9. The summed E-state index contributed by atoms with van der Waals surface area (Å²) >= 11 is 0. The molecule has 2 aromatic rings. The van der Waals surface area contributed by atoms with Crippen molar-refractivity contribution in [3.8, 4) is 11.8 Å². The summed E-state index contributed by atoms with van der Waals surface area (Å²) in [5.74, 6) is 4.91. The van der Waals surface area contributed by atoms with Crippen molar-refractivity contribution in [1.82, 2.24) is 20.1 Å². The van der Waals surface area contributed by atoms with E-state index < -0.39 is 17.4 Å². The highest BCUT2D eigenvalue weighted by atomic mass is 16.3. The quantitative estimate of drug-likeness (QED) is 0.682. The van der Waals surface area contributed by atoms with E-state index in [9.17, 15) is 14.7 Å². The lowest BCUT2D eigenvalue weighted by atomic mass is 10.0. The van der Waals surface area contributed by atoms with Gasteiger partial charge in [-0.05, 0) is 25.1 Å². The molecule has 2 aromatic heterocycles. The number of likely N-dealkylation sites (N-methyl/N-ethyl adjacent to an activating group) is 1. The molecule has 8 heteroatoms. The van der Waals surface area contributed by atoms with Gasteiger partial charge in [-0.3, -0.25) is 14.7 Å². The molecule has 3 N–H and O–H groups in total. The van der Waals surface area contributed by atoms with Gasteiger partial charge in [-0.1, -0.05) is 11.8 Å². The zero-order chi connectivity index (χ0) is 18.0. The number of carbonyl (C=O) groups is 2. The van der Waals surface area contributed by atoms with Crippen LogP contribution in [-0.4, -0.2) is 56.2 Å². The monoisotopic (exact) mass is 339 g/mol. The molecular weight excluding hydrogens is 322 g/mol. The lowest BCUT2D eigenvalue weighted by Crippen LogP contribution is -2.37. The highest BCUT2D eigenvalue weighted by Crippen LogP contribution is 2.21. The van der Waals surface area contributed by atoms with E-state index in [1.54, 1.807) is 32.2 Å². The Balaban J connectivity index is 1.76. The number of likely N-dealkylation sites (tertiary alicyclic amines) is 1. The van der Waals surface area contributed by atoms with E-state index in [1.165, 1.54) is 11.1 Å². The van der Waals surface area contributed by atoms with E-state index in [2.05, 4.69) is 32.3 Å². The number of anilines is 1. The predicted octanol–water partition coefficient (Wildman–Crippen LogP) is 0.310. The fourth-order valence-electron chi connectivity index (χ4n) is 2.44. The Hall–Kier alpha value is -3.18. The minimum Gasteiger partial charge on any atom is -0.369 e. The van der Waals surface area contributed by atoms with Crippen LogP contribution >= 0.6 is 0 Å². The summed E-state index contributed by atoms with van der Waals surface area (Å²) in [6, 6.07) is 4.82. The zero-order valence-electron chi connectivity index (χ0n) is 13.8. The average molecular weight is 339 g/mol. The first kappa shape index (κ1) is 16.7. The molecule has 3 rings (SSSR count). The van der Waals surface area contributed by atoms with Crippen LogP contribution in [0.3, 0.4) is 0 Å². The summed E-state index contributed by atoms with van der Waals surface area (Å²) in [4.78, 5) is 29.5. The molecule has 0 spiro atoms. The van der Waals surface area contributed by atoms with Gasteiger partial charge in [0.15, 0.2) is 5.69 Å². The van der Waals surface area contributed by atoms with Crippen molar-refractivity contribution in [3.63, 3.8) is 0 Å². The van der Waals surface area contributed by atoms with Gasteiger partial charge in [-0.2, -0.15) is 5.10 Å². The van der Waals surface area contributed by atoms with E-state index in [4.69, 9.17) is 0 Å². The van der Waals surface area contributed by atoms with Crippen LogP contribution in [0.25, 0.3) is 0 Å². The molecule has 0 bridgehead atoms.